The molecule has 1 aromatic rings. The molecule has 0 spiro atoms. The van der Waals surface area contributed by atoms with Crippen LogP contribution in [0.15, 0.2) is 30.4 Å². The molecule has 0 radical (unpaired) electrons. The molecule has 0 heterocycles. The Morgan fingerprint density at radius 1 is 1.38 bits per heavy atom. The number of aryl methyl sites for hydroxylation is 1. The van der Waals surface area contributed by atoms with Crippen LogP contribution < -0.4 is 10.6 Å². The lowest BCUT2D eigenvalue weighted by molar-refractivity contribution is -0.140. The highest BCUT2D eigenvalue weighted by molar-refractivity contribution is 5.91. The van der Waals surface area contributed by atoms with E-state index in [9.17, 15) is 9.59 Å². The molecule has 0 fully saturated rings. The predicted octanol–water partition coefficient (Wildman–Crippen LogP) is 2.02. The summed E-state index contributed by atoms with van der Waals surface area (Å²) in [7, 11) is 0. The maximum absolute atomic E-state index is 11.9. The number of nitrogens with zero attached hydrogens (tertiary/aromatic N) is 1. The number of nitriles is 1. The van der Waals surface area contributed by atoms with Gasteiger partial charge in [0, 0.05) is 0 Å². The molecule has 0 aromatic heterocycles. The smallest absolute Gasteiger partial charge is 0.319 e. The predicted molar refractivity (Wildman–Crippen MR) is 76.7 cm³/mol. The van der Waals surface area contributed by atoms with Crippen molar-refractivity contribution in [2.24, 2.45) is 5.92 Å². The Bertz CT molecular complexity index is 646. The first-order valence-corrected chi connectivity index (χ1v) is 6.49. The third-order valence-corrected chi connectivity index (χ3v) is 3.35. The highest BCUT2D eigenvalue weighted by Gasteiger charge is 2.25. The molecular weight excluding hydrogens is 270 g/mol. The van der Waals surface area contributed by atoms with E-state index in [-0.39, 0.29) is 6.04 Å². The van der Waals surface area contributed by atoms with E-state index >= 15 is 0 Å². The molecule has 0 aliphatic heterocycles. The van der Waals surface area contributed by atoms with Crippen LogP contribution >= 0.6 is 0 Å². The fourth-order valence-electron chi connectivity index (χ4n) is 2.24. The van der Waals surface area contributed by atoms with Gasteiger partial charge >= 0.3 is 12.0 Å². The van der Waals surface area contributed by atoms with E-state index in [0.29, 0.717) is 17.7 Å². The average Bonchev–Trinajstić information content (AvgIpc) is 2.87. The molecule has 1 aliphatic rings. The molecule has 6 heteroatoms. The van der Waals surface area contributed by atoms with Crippen LogP contribution in [0.2, 0.25) is 0 Å². The standard InChI is InChI=1S/C15H15N3O3/c1-9-3-2-4-13(12(9)8-16)18-15(21)17-11-6-5-10(7-11)14(19)20/h2-6,10-11H,7H2,1H3,(H,19,20)(H2,17,18,21). The summed E-state index contributed by atoms with van der Waals surface area (Å²) in [6.45, 7) is 1.79. The Morgan fingerprint density at radius 3 is 2.76 bits per heavy atom. The summed E-state index contributed by atoms with van der Waals surface area (Å²) in [6, 6.07) is 6.46. The summed E-state index contributed by atoms with van der Waals surface area (Å²) in [5.74, 6) is -1.47. The van der Waals surface area contributed by atoms with Crippen molar-refractivity contribution >= 4 is 17.7 Å². The van der Waals surface area contributed by atoms with Crippen LogP contribution in [0.4, 0.5) is 10.5 Å². The second-order valence-electron chi connectivity index (χ2n) is 4.88. The van der Waals surface area contributed by atoms with Gasteiger partial charge in [-0.2, -0.15) is 5.26 Å². The van der Waals surface area contributed by atoms with Gasteiger partial charge in [-0.3, -0.25) is 4.79 Å². The first kappa shape index (κ1) is 14.6. The Hall–Kier alpha value is -2.81. The first-order valence-electron chi connectivity index (χ1n) is 6.49. The SMILES string of the molecule is Cc1cccc(NC(=O)NC2C=CC(C(=O)O)C2)c1C#N. The number of nitrogens with one attached hydrogen (secondary N) is 2. The summed E-state index contributed by atoms with van der Waals surface area (Å²) in [5.41, 5.74) is 1.63. The van der Waals surface area contributed by atoms with Crippen LogP contribution in [0.25, 0.3) is 0 Å². The monoisotopic (exact) mass is 285 g/mol. The number of carbonyl (C=O) groups is 2. The molecule has 0 saturated heterocycles. The van der Waals surface area contributed by atoms with Gasteiger partial charge in [-0.25, -0.2) is 4.79 Å². The number of amides is 2. The molecule has 0 saturated carbocycles. The molecule has 6 nitrogen and oxygen atoms in total. The van der Waals surface area contributed by atoms with Crippen molar-refractivity contribution < 1.29 is 14.7 Å². The quantitative estimate of drug-likeness (QED) is 0.739. The van der Waals surface area contributed by atoms with Crippen LogP contribution in [0.3, 0.4) is 0 Å². The number of aliphatic carboxylic acids is 1. The third-order valence-electron chi connectivity index (χ3n) is 3.35. The van der Waals surface area contributed by atoms with Gasteiger partial charge in [0.05, 0.1) is 23.2 Å². The molecule has 1 aromatic carbocycles. The number of anilines is 1. The Labute approximate surface area is 122 Å². The lowest BCUT2D eigenvalue weighted by Crippen LogP contribution is -2.36. The molecular formula is C15H15N3O3. The topological polar surface area (TPSA) is 102 Å². The summed E-state index contributed by atoms with van der Waals surface area (Å²) < 4.78 is 0. The van der Waals surface area contributed by atoms with E-state index in [1.165, 1.54) is 0 Å². The van der Waals surface area contributed by atoms with E-state index in [0.717, 1.165) is 5.56 Å². The molecule has 2 amide bonds. The highest BCUT2D eigenvalue weighted by atomic mass is 16.4. The molecule has 3 N–H and O–H groups in total. The molecule has 108 valence electrons. The van der Waals surface area contributed by atoms with Crippen molar-refractivity contribution in [2.45, 2.75) is 19.4 Å². The zero-order valence-electron chi connectivity index (χ0n) is 11.5. The Balaban J connectivity index is 1.98. The van der Waals surface area contributed by atoms with Crippen molar-refractivity contribution in [3.8, 4) is 6.07 Å². The van der Waals surface area contributed by atoms with Gasteiger partial charge < -0.3 is 15.7 Å². The zero-order chi connectivity index (χ0) is 15.4. The van der Waals surface area contributed by atoms with Gasteiger partial charge in [0.1, 0.15) is 6.07 Å². The lowest BCUT2D eigenvalue weighted by atomic mass is 10.1. The average molecular weight is 285 g/mol. The van der Waals surface area contributed by atoms with E-state index < -0.39 is 17.9 Å². The number of carbonyl (C=O) groups excluding carboxylic acids is 1. The van der Waals surface area contributed by atoms with E-state index in [2.05, 4.69) is 16.7 Å². The van der Waals surface area contributed by atoms with Gasteiger partial charge in [-0.1, -0.05) is 24.3 Å². The van der Waals surface area contributed by atoms with E-state index in [1.54, 1.807) is 37.3 Å². The minimum atomic E-state index is -0.901. The molecule has 2 unspecified atom stereocenters. The summed E-state index contributed by atoms with van der Waals surface area (Å²) in [4.78, 5) is 22.7. The van der Waals surface area contributed by atoms with Gasteiger partial charge in [0.2, 0.25) is 0 Å². The minimum absolute atomic E-state index is 0.318. The van der Waals surface area contributed by atoms with E-state index in [4.69, 9.17) is 10.4 Å². The largest absolute Gasteiger partial charge is 0.481 e. The summed E-state index contributed by atoms with van der Waals surface area (Å²) in [6.07, 6.45) is 3.57. The highest BCUT2D eigenvalue weighted by Crippen LogP contribution is 2.20. The number of rotatable bonds is 3. The second-order valence-corrected chi connectivity index (χ2v) is 4.88. The van der Waals surface area contributed by atoms with Gasteiger partial charge in [0.25, 0.3) is 0 Å². The zero-order valence-corrected chi connectivity index (χ0v) is 11.5. The van der Waals surface area contributed by atoms with Crippen LogP contribution in [0.1, 0.15) is 17.5 Å². The first-order chi connectivity index (χ1) is 10.0. The number of benzene rings is 1. The minimum Gasteiger partial charge on any atom is -0.481 e. The third kappa shape index (κ3) is 3.39. The summed E-state index contributed by atoms with van der Waals surface area (Å²) in [5, 5.41) is 23.3. The van der Waals surface area contributed by atoms with Crippen LogP contribution in [0.5, 0.6) is 0 Å². The number of hydrogen-bond donors (Lipinski definition) is 3. The van der Waals surface area contributed by atoms with Crippen LogP contribution in [-0.2, 0) is 4.79 Å². The van der Waals surface area contributed by atoms with Crippen molar-refractivity contribution in [1.29, 1.82) is 5.26 Å². The number of urea groups is 1. The molecule has 2 atom stereocenters. The van der Waals surface area contributed by atoms with Gasteiger partial charge in [-0.05, 0) is 25.0 Å². The van der Waals surface area contributed by atoms with E-state index in [1.807, 2.05) is 0 Å². The lowest BCUT2D eigenvalue weighted by Gasteiger charge is -2.14. The van der Waals surface area contributed by atoms with Crippen molar-refractivity contribution in [1.82, 2.24) is 5.32 Å². The molecule has 0 bridgehead atoms. The number of carboxylic acid groups (broad SMARTS) is 1. The van der Waals surface area contributed by atoms with Crippen LogP contribution in [-0.4, -0.2) is 23.1 Å². The molecule has 1 aliphatic carbocycles. The Morgan fingerprint density at radius 2 is 2.14 bits per heavy atom. The normalized spacial score (nSPS) is 19.8. The molecule has 2 rings (SSSR count). The van der Waals surface area contributed by atoms with Gasteiger partial charge in [0.15, 0.2) is 0 Å². The maximum Gasteiger partial charge on any atom is 0.319 e. The number of hydrogen-bond acceptors (Lipinski definition) is 3. The van der Waals surface area contributed by atoms with Crippen LogP contribution in [0, 0.1) is 24.2 Å². The van der Waals surface area contributed by atoms with Crippen molar-refractivity contribution in [3.63, 3.8) is 0 Å². The van der Waals surface area contributed by atoms with Gasteiger partial charge in [-0.15, -0.1) is 0 Å². The second kappa shape index (κ2) is 6.09. The van der Waals surface area contributed by atoms with Crippen molar-refractivity contribution in [3.05, 3.63) is 41.5 Å². The molecule has 21 heavy (non-hydrogen) atoms. The summed E-state index contributed by atoms with van der Waals surface area (Å²) >= 11 is 0. The van der Waals surface area contributed by atoms with Crippen molar-refractivity contribution in [2.75, 3.05) is 5.32 Å². The fraction of sp³-hybridized carbons (Fsp3) is 0.267. The fourth-order valence-corrected chi connectivity index (χ4v) is 2.24. The Kier molecular flexibility index (Phi) is 4.24. The number of carboxylic acids is 1. The maximum atomic E-state index is 11.9.